The summed E-state index contributed by atoms with van der Waals surface area (Å²) in [7, 11) is 0. The summed E-state index contributed by atoms with van der Waals surface area (Å²) in [5.41, 5.74) is 0. The van der Waals surface area contributed by atoms with Gasteiger partial charge in [0.2, 0.25) is 5.91 Å². The molecule has 2 rings (SSSR count). The highest BCUT2D eigenvalue weighted by atomic mass is 16.7. The van der Waals surface area contributed by atoms with Crippen molar-refractivity contribution in [2.75, 3.05) is 19.8 Å². The molecule has 0 saturated carbocycles. The number of carbonyl (C=O) groups is 1. The number of carbonyl (C=O) groups excluding carboxylic acids is 1. The molecule has 2 saturated heterocycles. The Morgan fingerprint density at radius 2 is 0.954 bits per heavy atom. The van der Waals surface area contributed by atoms with Crippen molar-refractivity contribution < 1.29 is 64.6 Å². The first-order valence-electron chi connectivity index (χ1n) is 26.4. The molecule has 384 valence electrons. The Morgan fingerprint density at radius 1 is 0.538 bits per heavy atom. The SMILES string of the molecule is CCCCCCCCCCCCCCCCCCC/C=C/C(O)C(COC1OC(CO)C(OC2OC(CO)C(O)C(O)C2O)C(O)C1O)NC(=O)CCCCCCCCCCCCCC. The summed E-state index contributed by atoms with van der Waals surface area (Å²) < 4.78 is 22.7. The summed E-state index contributed by atoms with van der Waals surface area (Å²) in [5.74, 6) is -0.238. The number of amides is 1. The third-order valence-electron chi connectivity index (χ3n) is 13.2. The standard InChI is InChI=1S/C51H97NO13/c1-3-5-7-9-11-13-15-17-18-19-20-21-22-23-24-26-28-30-32-34-40(55)39(52-43(56)35-33-31-29-27-25-16-14-12-10-8-6-4-2)38-62-50-48(61)46(59)49(42(37-54)64-50)65-51-47(60)45(58)44(57)41(36-53)63-51/h32,34,39-42,44-51,53-55,57-61H,3-31,33,35-38H2,1-2H3,(H,52,56)/b34-32+. The van der Waals surface area contributed by atoms with Crippen LogP contribution < -0.4 is 5.32 Å². The van der Waals surface area contributed by atoms with Gasteiger partial charge in [-0.25, -0.2) is 0 Å². The molecule has 2 aliphatic rings. The minimum Gasteiger partial charge on any atom is -0.394 e. The Balaban J connectivity index is 1.82. The van der Waals surface area contributed by atoms with Gasteiger partial charge >= 0.3 is 0 Å². The minimum absolute atomic E-state index is 0.238. The van der Waals surface area contributed by atoms with Crippen molar-refractivity contribution in [1.29, 1.82) is 0 Å². The van der Waals surface area contributed by atoms with Crippen LogP contribution in [0.25, 0.3) is 0 Å². The maximum absolute atomic E-state index is 13.1. The summed E-state index contributed by atoms with van der Waals surface area (Å²) in [4.78, 5) is 13.1. The van der Waals surface area contributed by atoms with Crippen molar-refractivity contribution in [1.82, 2.24) is 5.32 Å². The third kappa shape index (κ3) is 25.8. The number of allylic oxidation sites excluding steroid dienone is 1. The van der Waals surface area contributed by atoms with Crippen LogP contribution in [-0.2, 0) is 23.7 Å². The van der Waals surface area contributed by atoms with Crippen LogP contribution in [0.1, 0.15) is 213 Å². The van der Waals surface area contributed by atoms with Gasteiger partial charge in [-0.2, -0.15) is 0 Å². The van der Waals surface area contributed by atoms with Crippen molar-refractivity contribution in [3.05, 3.63) is 12.2 Å². The van der Waals surface area contributed by atoms with Crippen LogP contribution in [-0.4, -0.2) is 140 Å². The molecule has 0 aromatic heterocycles. The van der Waals surface area contributed by atoms with Gasteiger partial charge in [0.15, 0.2) is 12.6 Å². The predicted octanol–water partition coefficient (Wildman–Crippen LogP) is 7.16. The molecule has 0 aliphatic carbocycles. The van der Waals surface area contributed by atoms with Crippen LogP contribution >= 0.6 is 0 Å². The van der Waals surface area contributed by atoms with Gasteiger partial charge in [0.05, 0.1) is 32.0 Å². The monoisotopic (exact) mass is 932 g/mol. The predicted molar refractivity (Wildman–Crippen MR) is 254 cm³/mol. The summed E-state index contributed by atoms with van der Waals surface area (Å²) in [6.45, 7) is 2.79. The molecule has 0 bridgehead atoms. The molecule has 0 spiro atoms. The van der Waals surface area contributed by atoms with Gasteiger partial charge in [0.25, 0.3) is 0 Å². The highest BCUT2D eigenvalue weighted by Crippen LogP contribution is 2.30. The van der Waals surface area contributed by atoms with Crippen molar-refractivity contribution >= 4 is 5.91 Å². The molecule has 2 heterocycles. The quantitative estimate of drug-likeness (QED) is 0.0219. The third-order valence-corrected chi connectivity index (χ3v) is 13.2. The van der Waals surface area contributed by atoms with Crippen molar-refractivity contribution in [3.8, 4) is 0 Å². The van der Waals surface area contributed by atoms with E-state index in [4.69, 9.17) is 18.9 Å². The van der Waals surface area contributed by atoms with E-state index in [9.17, 15) is 45.6 Å². The molecule has 0 radical (unpaired) electrons. The van der Waals surface area contributed by atoms with Crippen LogP contribution in [0, 0.1) is 0 Å². The maximum Gasteiger partial charge on any atom is 0.220 e. The largest absolute Gasteiger partial charge is 0.394 e. The fourth-order valence-electron chi connectivity index (χ4n) is 8.88. The van der Waals surface area contributed by atoms with Crippen molar-refractivity contribution in [3.63, 3.8) is 0 Å². The highest BCUT2D eigenvalue weighted by Gasteiger charge is 2.51. The summed E-state index contributed by atoms with van der Waals surface area (Å²) >= 11 is 0. The van der Waals surface area contributed by atoms with E-state index in [1.165, 1.54) is 148 Å². The number of hydrogen-bond donors (Lipinski definition) is 9. The van der Waals surface area contributed by atoms with Gasteiger partial charge in [-0.3, -0.25) is 4.79 Å². The summed E-state index contributed by atoms with van der Waals surface area (Å²) in [6, 6.07) is -0.907. The number of ether oxygens (including phenoxy) is 4. The lowest BCUT2D eigenvalue weighted by atomic mass is 9.97. The van der Waals surface area contributed by atoms with Crippen molar-refractivity contribution in [2.45, 2.75) is 286 Å². The molecule has 1 amide bonds. The van der Waals surface area contributed by atoms with Gasteiger partial charge in [0, 0.05) is 6.42 Å². The van der Waals surface area contributed by atoms with E-state index < -0.39 is 86.8 Å². The first-order chi connectivity index (χ1) is 31.6. The Hall–Kier alpha value is -1.27. The molecule has 12 unspecified atom stereocenters. The second-order valence-corrected chi connectivity index (χ2v) is 19.0. The van der Waals surface area contributed by atoms with Crippen LogP contribution in [0.5, 0.6) is 0 Å². The van der Waals surface area contributed by atoms with Crippen LogP contribution in [0.2, 0.25) is 0 Å². The number of rotatable bonds is 41. The molecule has 65 heavy (non-hydrogen) atoms. The first kappa shape index (κ1) is 59.9. The van der Waals surface area contributed by atoms with Crippen LogP contribution in [0.3, 0.4) is 0 Å². The normalized spacial score (nSPS) is 27.0. The lowest BCUT2D eigenvalue weighted by Gasteiger charge is -2.46. The van der Waals surface area contributed by atoms with Crippen LogP contribution in [0.4, 0.5) is 0 Å². The average Bonchev–Trinajstić information content (AvgIpc) is 3.30. The fraction of sp³-hybridized carbons (Fsp3) is 0.941. The summed E-state index contributed by atoms with van der Waals surface area (Å²) in [5, 5.41) is 86.8. The van der Waals surface area contributed by atoms with Gasteiger partial charge in [0.1, 0.15) is 48.8 Å². The van der Waals surface area contributed by atoms with E-state index in [0.717, 1.165) is 38.5 Å². The molecule has 2 fully saturated rings. The second kappa shape index (κ2) is 38.6. The minimum atomic E-state index is -1.78. The smallest absolute Gasteiger partial charge is 0.220 e. The fourth-order valence-corrected chi connectivity index (χ4v) is 8.88. The first-order valence-corrected chi connectivity index (χ1v) is 26.4. The van der Waals surface area contributed by atoms with Crippen molar-refractivity contribution in [2.24, 2.45) is 0 Å². The van der Waals surface area contributed by atoms with E-state index in [1.807, 2.05) is 6.08 Å². The van der Waals surface area contributed by atoms with E-state index in [-0.39, 0.29) is 18.9 Å². The van der Waals surface area contributed by atoms with Gasteiger partial charge in [-0.15, -0.1) is 0 Å². The molecule has 12 atom stereocenters. The molecule has 14 heteroatoms. The molecule has 2 aliphatic heterocycles. The van der Waals surface area contributed by atoms with Gasteiger partial charge in [-0.1, -0.05) is 199 Å². The lowest BCUT2D eigenvalue weighted by molar-refractivity contribution is -0.359. The molecular formula is C51H97NO13. The molecule has 9 N–H and O–H groups in total. The zero-order valence-corrected chi connectivity index (χ0v) is 40.7. The Bertz CT molecular complexity index is 1150. The Kier molecular flexibility index (Phi) is 35.5. The molecule has 0 aromatic rings. The number of hydrogen-bond acceptors (Lipinski definition) is 13. The topological polar surface area (TPSA) is 228 Å². The maximum atomic E-state index is 13.1. The Morgan fingerprint density at radius 3 is 1.42 bits per heavy atom. The van der Waals surface area contributed by atoms with Crippen LogP contribution in [0.15, 0.2) is 12.2 Å². The van der Waals surface area contributed by atoms with Gasteiger partial charge < -0.3 is 65.1 Å². The zero-order valence-electron chi connectivity index (χ0n) is 40.7. The Labute approximate surface area is 393 Å². The lowest BCUT2D eigenvalue weighted by Crippen LogP contribution is -2.65. The zero-order chi connectivity index (χ0) is 47.5. The van der Waals surface area contributed by atoms with Gasteiger partial charge in [-0.05, 0) is 19.3 Å². The number of nitrogens with one attached hydrogen (secondary N) is 1. The number of aliphatic hydroxyl groups excluding tert-OH is 8. The van der Waals surface area contributed by atoms with E-state index >= 15 is 0 Å². The molecular weight excluding hydrogens is 835 g/mol. The molecule has 14 nitrogen and oxygen atoms in total. The number of aliphatic hydroxyl groups is 8. The summed E-state index contributed by atoms with van der Waals surface area (Å²) in [6.07, 6.45) is 23.9. The number of unbranched alkanes of at least 4 members (excludes halogenated alkanes) is 28. The molecule has 0 aromatic carbocycles. The highest BCUT2D eigenvalue weighted by molar-refractivity contribution is 5.76. The van der Waals surface area contributed by atoms with E-state index in [2.05, 4.69) is 19.2 Å². The second-order valence-electron chi connectivity index (χ2n) is 19.0. The van der Waals surface area contributed by atoms with E-state index in [1.54, 1.807) is 6.08 Å². The van der Waals surface area contributed by atoms with E-state index in [0.29, 0.717) is 6.42 Å². The average molecular weight is 932 g/mol.